The van der Waals surface area contributed by atoms with Crippen LogP contribution < -0.4 is 15.5 Å². The van der Waals surface area contributed by atoms with Crippen LogP contribution in [0.4, 0.5) is 38.1 Å². The van der Waals surface area contributed by atoms with E-state index in [1.165, 1.54) is 18.2 Å². The molecule has 3 N–H and O–H groups in total. The summed E-state index contributed by atoms with van der Waals surface area (Å²) in [5.74, 6) is -3.53. The first kappa shape index (κ1) is 32.7. The number of carbonyl (C=O) groups is 2. The highest BCUT2D eigenvalue weighted by atomic mass is 35.5. The number of β-amino-alcohol motifs (C(OH)–C–C–N with tert-alkyl or cyclic N) is 1. The van der Waals surface area contributed by atoms with Crippen LogP contribution in [0.5, 0.6) is 0 Å². The minimum absolute atomic E-state index is 0.0280. The van der Waals surface area contributed by atoms with Crippen LogP contribution in [0.1, 0.15) is 22.3 Å². The molecule has 2 aliphatic heterocycles. The number of halogens is 6. The molecule has 0 spiro atoms. The van der Waals surface area contributed by atoms with E-state index in [1.807, 2.05) is 9.80 Å². The molecule has 43 heavy (non-hydrogen) atoms. The summed E-state index contributed by atoms with van der Waals surface area (Å²) in [7, 11) is 0. The Hall–Kier alpha value is -3.20. The molecular formula is C28H34ClF5N6O3. The van der Waals surface area contributed by atoms with Gasteiger partial charge in [0, 0.05) is 82.6 Å². The second kappa shape index (κ2) is 14.5. The molecule has 0 bridgehead atoms. The lowest BCUT2D eigenvalue weighted by molar-refractivity contribution is -0.138. The van der Waals surface area contributed by atoms with E-state index in [0.717, 1.165) is 6.07 Å². The number of aliphatic hydroxyl groups is 1. The van der Waals surface area contributed by atoms with Crippen molar-refractivity contribution in [3.63, 3.8) is 0 Å². The number of rotatable bonds is 9. The van der Waals surface area contributed by atoms with Crippen molar-refractivity contribution in [2.45, 2.75) is 19.1 Å². The zero-order valence-corrected chi connectivity index (χ0v) is 24.2. The molecule has 236 valence electrons. The van der Waals surface area contributed by atoms with Crippen LogP contribution in [0, 0.1) is 11.6 Å². The molecule has 0 aromatic heterocycles. The van der Waals surface area contributed by atoms with Gasteiger partial charge in [0.1, 0.15) is 0 Å². The molecule has 0 saturated carbocycles. The van der Waals surface area contributed by atoms with Crippen molar-refractivity contribution in [2.24, 2.45) is 0 Å². The maximum atomic E-state index is 15.0. The highest BCUT2D eigenvalue weighted by Crippen LogP contribution is 2.31. The molecule has 0 unspecified atom stereocenters. The molecule has 3 amide bonds. The summed E-state index contributed by atoms with van der Waals surface area (Å²) in [4.78, 5) is 32.6. The monoisotopic (exact) mass is 632 g/mol. The number of amides is 3. The topological polar surface area (TPSA) is 91.4 Å². The fraction of sp³-hybridized carbons (Fsp3) is 0.500. The second-order valence-electron chi connectivity index (χ2n) is 10.4. The Morgan fingerprint density at radius 3 is 2.19 bits per heavy atom. The summed E-state index contributed by atoms with van der Waals surface area (Å²) in [6.07, 6.45) is -5.14. The Balaban J connectivity index is 1.36. The summed E-state index contributed by atoms with van der Waals surface area (Å²) >= 11 is 6.17. The van der Waals surface area contributed by atoms with Crippen LogP contribution in [-0.4, -0.2) is 110 Å². The second-order valence-corrected chi connectivity index (χ2v) is 10.9. The number of aliphatic hydroxyl groups excluding tert-OH is 1. The van der Waals surface area contributed by atoms with Crippen molar-refractivity contribution in [3.8, 4) is 0 Å². The Morgan fingerprint density at radius 2 is 1.53 bits per heavy atom. The average molecular weight is 633 g/mol. The van der Waals surface area contributed by atoms with Gasteiger partial charge in [-0.15, -0.1) is 0 Å². The van der Waals surface area contributed by atoms with Gasteiger partial charge in [-0.25, -0.2) is 13.6 Å². The van der Waals surface area contributed by atoms with Crippen LogP contribution in [0.2, 0.25) is 5.02 Å². The number of benzene rings is 2. The van der Waals surface area contributed by atoms with Crippen molar-refractivity contribution in [1.82, 2.24) is 20.0 Å². The Kier molecular flexibility index (Phi) is 11.0. The number of nitrogens with zero attached hydrogens (tertiary/aromatic N) is 4. The maximum Gasteiger partial charge on any atom is 0.390 e. The molecule has 2 saturated heterocycles. The molecule has 2 aromatic rings. The van der Waals surface area contributed by atoms with Crippen LogP contribution in [0.15, 0.2) is 30.3 Å². The van der Waals surface area contributed by atoms with Gasteiger partial charge in [0.05, 0.1) is 30.0 Å². The largest absolute Gasteiger partial charge is 0.395 e. The molecule has 0 atom stereocenters. The Labute approximate surface area is 251 Å². The summed E-state index contributed by atoms with van der Waals surface area (Å²) in [5.41, 5.74) is 0.129. The minimum atomic E-state index is -4.24. The third-order valence-electron chi connectivity index (χ3n) is 7.55. The van der Waals surface area contributed by atoms with Gasteiger partial charge in [-0.05, 0) is 24.3 Å². The van der Waals surface area contributed by atoms with Gasteiger partial charge < -0.3 is 25.5 Å². The van der Waals surface area contributed by atoms with Crippen molar-refractivity contribution < 1.29 is 36.6 Å². The average Bonchev–Trinajstić information content (AvgIpc) is 2.98. The van der Waals surface area contributed by atoms with Gasteiger partial charge in [0.25, 0.3) is 5.91 Å². The first-order valence-electron chi connectivity index (χ1n) is 13.9. The van der Waals surface area contributed by atoms with Crippen molar-refractivity contribution in [1.29, 1.82) is 0 Å². The first-order chi connectivity index (χ1) is 20.4. The van der Waals surface area contributed by atoms with E-state index in [-0.39, 0.29) is 30.9 Å². The van der Waals surface area contributed by atoms with Crippen LogP contribution >= 0.6 is 11.6 Å². The zero-order chi connectivity index (χ0) is 31.1. The number of carbonyl (C=O) groups excluding carboxylic acids is 2. The van der Waals surface area contributed by atoms with Gasteiger partial charge in [-0.2, -0.15) is 13.2 Å². The molecular weight excluding hydrogens is 599 g/mol. The van der Waals surface area contributed by atoms with Gasteiger partial charge in [-0.1, -0.05) is 17.7 Å². The number of piperazine rings is 2. The number of hydrogen-bond donors (Lipinski definition) is 3. The van der Waals surface area contributed by atoms with E-state index in [2.05, 4.69) is 10.6 Å². The Morgan fingerprint density at radius 1 is 0.884 bits per heavy atom. The zero-order valence-electron chi connectivity index (χ0n) is 23.4. The van der Waals surface area contributed by atoms with E-state index >= 15 is 4.39 Å². The Bertz CT molecular complexity index is 1280. The number of alkyl halides is 3. The molecule has 2 aliphatic rings. The number of anilines is 2. The van der Waals surface area contributed by atoms with Crippen molar-refractivity contribution >= 4 is 34.9 Å². The summed E-state index contributed by atoms with van der Waals surface area (Å²) in [5, 5.41) is 14.6. The van der Waals surface area contributed by atoms with E-state index < -0.39 is 41.7 Å². The normalized spacial score (nSPS) is 16.8. The van der Waals surface area contributed by atoms with Crippen LogP contribution in [-0.2, 0) is 6.54 Å². The first-order valence-corrected chi connectivity index (χ1v) is 14.3. The van der Waals surface area contributed by atoms with Crippen LogP contribution in [0.25, 0.3) is 0 Å². The fourth-order valence-electron chi connectivity index (χ4n) is 5.06. The minimum Gasteiger partial charge on any atom is -0.395 e. The van der Waals surface area contributed by atoms with E-state index in [9.17, 15) is 27.2 Å². The quantitative estimate of drug-likeness (QED) is 0.365. The standard InChI is InChI=1S/C28H34ClF5N6O3/c29-20-2-4-22(23(17-20)39-11-7-37(8-12-39)6-5-28(32,33)34)36-26(42)21-3-1-19(24(30)25(21)31)18-35-27(43)40-13-9-38(10-14-40)15-16-41/h1-4,17,41H,5-16,18H2,(H,35,43)(H,36,42). The predicted octanol–water partition coefficient (Wildman–Crippen LogP) is 3.76. The lowest BCUT2D eigenvalue weighted by atomic mass is 10.1. The fourth-order valence-corrected chi connectivity index (χ4v) is 5.23. The van der Waals surface area contributed by atoms with Gasteiger partial charge in [0.15, 0.2) is 11.6 Å². The summed E-state index contributed by atoms with van der Waals surface area (Å²) < 4.78 is 67.7. The third kappa shape index (κ3) is 8.91. The van der Waals surface area contributed by atoms with Crippen molar-refractivity contribution in [2.75, 3.05) is 82.3 Å². The number of nitrogens with one attached hydrogen (secondary N) is 2. The molecule has 4 rings (SSSR count). The molecule has 9 nitrogen and oxygen atoms in total. The molecule has 15 heteroatoms. The van der Waals surface area contributed by atoms with Gasteiger partial charge in [0.2, 0.25) is 0 Å². The highest BCUT2D eigenvalue weighted by molar-refractivity contribution is 6.31. The van der Waals surface area contributed by atoms with E-state index in [1.54, 1.807) is 15.9 Å². The highest BCUT2D eigenvalue weighted by Gasteiger charge is 2.29. The summed E-state index contributed by atoms with van der Waals surface area (Å²) in [6.45, 7) is 3.70. The third-order valence-corrected chi connectivity index (χ3v) is 7.78. The van der Waals surface area contributed by atoms with E-state index in [4.69, 9.17) is 16.7 Å². The number of urea groups is 1. The van der Waals surface area contributed by atoms with Crippen molar-refractivity contribution in [3.05, 3.63) is 58.1 Å². The maximum absolute atomic E-state index is 15.0. The molecule has 0 radical (unpaired) electrons. The van der Waals surface area contributed by atoms with E-state index in [0.29, 0.717) is 69.6 Å². The molecule has 0 aliphatic carbocycles. The van der Waals surface area contributed by atoms with Gasteiger partial charge in [-0.3, -0.25) is 14.6 Å². The predicted molar refractivity (Wildman–Crippen MR) is 152 cm³/mol. The summed E-state index contributed by atoms with van der Waals surface area (Å²) in [6, 6.07) is 6.58. The molecule has 2 fully saturated rings. The number of hydrogen-bond acceptors (Lipinski definition) is 6. The lowest BCUT2D eigenvalue weighted by Gasteiger charge is -2.37. The van der Waals surface area contributed by atoms with Crippen LogP contribution in [0.3, 0.4) is 0 Å². The SMILES string of the molecule is O=C(Nc1ccc(Cl)cc1N1CCN(CCC(F)(F)F)CC1)c1ccc(CNC(=O)N2CCN(CCO)CC2)c(F)c1F. The lowest BCUT2D eigenvalue weighted by Crippen LogP contribution is -2.52. The smallest absolute Gasteiger partial charge is 0.390 e. The van der Waals surface area contributed by atoms with Gasteiger partial charge >= 0.3 is 12.2 Å². The molecule has 2 aromatic carbocycles. The molecule has 2 heterocycles.